The number of rotatable bonds is 8. The molecule has 194 valence electrons. The number of halogens is 1. The van der Waals surface area contributed by atoms with Gasteiger partial charge in [-0.2, -0.15) is 0 Å². The number of aryl methyl sites for hydroxylation is 1. The van der Waals surface area contributed by atoms with E-state index < -0.39 is 28.9 Å². The second kappa shape index (κ2) is 10.5. The van der Waals surface area contributed by atoms with E-state index in [1.54, 1.807) is 38.1 Å². The molecule has 1 atom stereocenters. The number of aromatic nitrogens is 1. The molecule has 0 bridgehead atoms. The van der Waals surface area contributed by atoms with E-state index in [2.05, 4.69) is 26.4 Å². The highest BCUT2D eigenvalue weighted by Crippen LogP contribution is 2.48. The zero-order chi connectivity index (χ0) is 28.7. The lowest BCUT2D eigenvalue weighted by Crippen LogP contribution is -2.19. The van der Waals surface area contributed by atoms with Gasteiger partial charge in [-0.3, -0.25) is 10.1 Å². The van der Waals surface area contributed by atoms with Gasteiger partial charge in [0.05, 0.1) is 5.41 Å². The number of carbonyl (C=O) groups is 2. The van der Waals surface area contributed by atoms with Crippen LogP contribution in [0.4, 0.5) is 10.5 Å². The maximum absolute atomic E-state index is 12.8. The van der Waals surface area contributed by atoms with E-state index in [1.807, 2.05) is 48.5 Å². The Morgan fingerprint density at radius 2 is 1.74 bits per heavy atom. The van der Waals surface area contributed by atoms with E-state index in [-0.39, 0.29) is 0 Å². The topological polar surface area (TPSA) is 102 Å². The van der Waals surface area contributed by atoms with Crippen molar-refractivity contribution in [2.75, 3.05) is 5.32 Å². The summed E-state index contributed by atoms with van der Waals surface area (Å²) in [7, 11) is 0. The number of carboxylic acid groups (broad SMARTS) is 1. The lowest BCUT2D eigenvalue weighted by atomic mass is 9.93. The van der Waals surface area contributed by atoms with Crippen LogP contribution in [0, 0.1) is 6.92 Å². The van der Waals surface area contributed by atoms with Crippen LogP contribution in [0.25, 0.3) is 22.5 Å². The summed E-state index contributed by atoms with van der Waals surface area (Å²) in [6, 6.07) is 22.0. The molecule has 2 N–H and O–H groups in total. The van der Waals surface area contributed by atoms with E-state index in [0.29, 0.717) is 46.7 Å². The van der Waals surface area contributed by atoms with Crippen molar-refractivity contribution < 1.29 is 26.7 Å². The van der Waals surface area contributed by atoms with Gasteiger partial charge in [0, 0.05) is 13.6 Å². The van der Waals surface area contributed by atoms with Crippen molar-refractivity contribution in [3.05, 3.63) is 95.2 Å². The van der Waals surface area contributed by atoms with Crippen LogP contribution in [-0.2, 0) is 20.2 Å². The number of carboxylic acids is 1. The summed E-state index contributed by atoms with van der Waals surface area (Å²) in [5, 5.41) is 14.6. The molecule has 1 aromatic heterocycles. The molecule has 0 radical (unpaired) electrons. The normalized spacial score (nSPS) is 15.7. The summed E-state index contributed by atoms with van der Waals surface area (Å²) in [5.41, 5.74) is 4.65. The van der Waals surface area contributed by atoms with Crippen LogP contribution in [0.3, 0.4) is 0 Å². The molecule has 0 saturated heterocycles. The standard InChI is InChI=1S/C30H27BrN2O5/c1-18-26(32-29(36)37-19(2)24-5-3-4-20(16-24)17-31)27(38-33-18)23-8-6-21(7-9-23)22-10-12-25(13-11-22)30(14-15-30)28(34)35/h3-13,16,19H,14-15,17H2,1-2H3,(H,32,36)(H,34,35)/i17D2. The van der Waals surface area contributed by atoms with Gasteiger partial charge in [-0.05, 0) is 54.5 Å². The summed E-state index contributed by atoms with van der Waals surface area (Å²) in [6.45, 7) is 3.43. The number of amides is 1. The van der Waals surface area contributed by atoms with E-state index >= 15 is 0 Å². The molecule has 1 unspecified atom stereocenters. The van der Waals surface area contributed by atoms with E-state index in [9.17, 15) is 14.7 Å². The van der Waals surface area contributed by atoms with Crippen LogP contribution in [0.2, 0.25) is 0 Å². The third kappa shape index (κ3) is 5.09. The number of hydrogen-bond donors (Lipinski definition) is 2. The minimum Gasteiger partial charge on any atom is -0.481 e. The summed E-state index contributed by atoms with van der Waals surface area (Å²) < 4.78 is 26.8. The van der Waals surface area contributed by atoms with Crippen LogP contribution in [-0.4, -0.2) is 22.3 Å². The molecule has 3 aromatic carbocycles. The predicted molar refractivity (Wildman–Crippen MR) is 148 cm³/mol. The SMILES string of the molecule is [2H]C([2H])(Br)c1cccc(C(C)OC(=O)Nc2c(C)noc2-c2ccc(-c3ccc(C4(C(=O)O)CC4)cc3)cc2)c1. The smallest absolute Gasteiger partial charge is 0.412 e. The maximum atomic E-state index is 12.8. The van der Waals surface area contributed by atoms with Crippen LogP contribution >= 0.6 is 15.9 Å². The van der Waals surface area contributed by atoms with E-state index in [4.69, 9.17) is 12.0 Å². The minimum atomic E-state index is -1.70. The molecule has 1 saturated carbocycles. The Hall–Kier alpha value is -3.91. The van der Waals surface area contributed by atoms with Gasteiger partial charge >= 0.3 is 12.1 Å². The minimum absolute atomic E-state index is 0.385. The summed E-state index contributed by atoms with van der Waals surface area (Å²) in [4.78, 5) is 24.4. The fraction of sp³-hybridized carbons (Fsp3) is 0.233. The molecule has 38 heavy (non-hydrogen) atoms. The Morgan fingerprint density at radius 3 is 2.34 bits per heavy atom. The molecular weight excluding hydrogens is 548 g/mol. The largest absolute Gasteiger partial charge is 0.481 e. The Bertz CT molecular complexity index is 1560. The number of nitrogens with zero attached hydrogens (tertiary/aromatic N) is 1. The molecule has 8 heteroatoms. The van der Waals surface area contributed by atoms with Crippen LogP contribution in [0.15, 0.2) is 77.3 Å². The van der Waals surface area contributed by atoms with Crippen LogP contribution < -0.4 is 5.32 Å². The van der Waals surface area contributed by atoms with Crippen molar-refractivity contribution in [3.8, 4) is 22.5 Å². The summed E-state index contributed by atoms with van der Waals surface area (Å²) >= 11 is 3.01. The molecule has 1 amide bonds. The van der Waals surface area contributed by atoms with Gasteiger partial charge < -0.3 is 14.4 Å². The molecule has 1 fully saturated rings. The Kier molecular flexibility index (Phi) is 6.39. The third-order valence-electron chi connectivity index (χ3n) is 6.92. The number of aliphatic carboxylic acids is 1. The third-order valence-corrected chi connectivity index (χ3v) is 7.37. The van der Waals surface area contributed by atoms with E-state index in [0.717, 1.165) is 16.7 Å². The second-order valence-electron chi connectivity index (χ2n) is 9.41. The van der Waals surface area contributed by atoms with Gasteiger partial charge in [-0.15, -0.1) is 0 Å². The van der Waals surface area contributed by atoms with Gasteiger partial charge in [-0.1, -0.05) is 93.9 Å². The average molecular weight is 577 g/mol. The molecule has 1 aliphatic carbocycles. The lowest BCUT2D eigenvalue weighted by Gasteiger charge is -2.15. The number of alkyl halides is 1. The Balaban J connectivity index is 1.29. The first-order chi connectivity index (χ1) is 19.0. The first kappa shape index (κ1) is 23.2. The van der Waals surface area contributed by atoms with Crippen molar-refractivity contribution in [1.82, 2.24) is 5.16 Å². The van der Waals surface area contributed by atoms with E-state index in [1.165, 1.54) is 0 Å². The Morgan fingerprint density at radius 1 is 1.11 bits per heavy atom. The highest BCUT2D eigenvalue weighted by molar-refractivity contribution is 9.08. The number of hydrogen-bond acceptors (Lipinski definition) is 5. The van der Waals surface area contributed by atoms with Gasteiger partial charge in [0.2, 0.25) is 0 Å². The highest BCUT2D eigenvalue weighted by Gasteiger charge is 2.51. The lowest BCUT2D eigenvalue weighted by molar-refractivity contribution is -0.140. The number of benzene rings is 3. The number of ether oxygens (including phenoxy) is 1. The molecule has 0 aliphatic heterocycles. The molecule has 4 aromatic rings. The molecule has 5 rings (SSSR count). The van der Waals surface area contributed by atoms with Crippen LogP contribution in [0.1, 0.15) is 51.0 Å². The van der Waals surface area contributed by atoms with Crippen molar-refractivity contribution in [2.24, 2.45) is 0 Å². The molecule has 1 aliphatic rings. The monoisotopic (exact) mass is 576 g/mol. The Labute approximate surface area is 231 Å². The average Bonchev–Trinajstić information content (AvgIpc) is 3.68. The van der Waals surface area contributed by atoms with Crippen molar-refractivity contribution in [2.45, 2.75) is 43.5 Å². The maximum Gasteiger partial charge on any atom is 0.412 e. The van der Waals surface area contributed by atoms with Crippen molar-refractivity contribution >= 4 is 33.7 Å². The molecule has 7 nitrogen and oxygen atoms in total. The quantitative estimate of drug-likeness (QED) is 0.209. The second-order valence-corrected chi connectivity index (χ2v) is 9.80. The fourth-order valence-electron chi connectivity index (χ4n) is 4.47. The summed E-state index contributed by atoms with van der Waals surface area (Å²) in [6.07, 6.45) is 0.00512. The van der Waals surface area contributed by atoms with Gasteiger partial charge in [0.25, 0.3) is 0 Å². The number of anilines is 1. The fourth-order valence-corrected chi connectivity index (χ4v) is 4.72. The molecule has 1 heterocycles. The predicted octanol–water partition coefficient (Wildman–Crippen LogP) is 7.64. The highest BCUT2D eigenvalue weighted by atomic mass is 79.9. The first-order valence-electron chi connectivity index (χ1n) is 13.2. The zero-order valence-corrected chi connectivity index (χ0v) is 22.4. The number of carbonyl (C=O) groups excluding carboxylic acids is 1. The first-order valence-corrected chi connectivity index (χ1v) is 13.0. The van der Waals surface area contributed by atoms with Crippen molar-refractivity contribution in [1.29, 1.82) is 0 Å². The van der Waals surface area contributed by atoms with Crippen LogP contribution in [0.5, 0.6) is 0 Å². The zero-order valence-electron chi connectivity index (χ0n) is 22.8. The van der Waals surface area contributed by atoms with Gasteiger partial charge in [0.1, 0.15) is 17.5 Å². The van der Waals surface area contributed by atoms with Gasteiger partial charge in [-0.25, -0.2) is 4.79 Å². The van der Waals surface area contributed by atoms with Crippen molar-refractivity contribution in [3.63, 3.8) is 0 Å². The molecular formula is C30H27BrN2O5. The summed E-state index contributed by atoms with van der Waals surface area (Å²) in [5.74, 6) is -0.390. The molecule has 0 spiro atoms. The number of nitrogens with one attached hydrogen (secondary N) is 1. The van der Waals surface area contributed by atoms with Gasteiger partial charge in [0.15, 0.2) is 5.76 Å².